The lowest BCUT2D eigenvalue weighted by Crippen LogP contribution is -2.35. The van der Waals surface area contributed by atoms with E-state index in [1.807, 2.05) is 72.8 Å². The summed E-state index contributed by atoms with van der Waals surface area (Å²) in [6, 6.07) is 30.3. The van der Waals surface area contributed by atoms with Crippen molar-refractivity contribution in [2.75, 3.05) is 13.1 Å². The molecular weight excluding hydrogens is 504 g/mol. The van der Waals surface area contributed by atoms with Crippen LogP contribution in [0.5, 0.6) is 11.5 Å². The van der Waals surface area contributed by atoms with Gasteiger partial charge in [0.2, 0.25) is 0 Å². The Morgan fingerprint density at radius 3 is 2.38 bits per heavy atom. The van der Waals surface area contributed by atoms with Crippen LogP contribution >= 0.6 is 23.4 Å². The minimum atomic E-state index is -0.201. The van der Waals surface area contributed by atoms with E-state index in [2.05, 4.69) is 6.07 Å². The van der Waals surface area contributed by atoms with E-state index in [4.69, 9.17) is 22.1 Å². The third kappa shape index (κ3) is 7.52. The number of carbonyl (C=O) groups excluding carboxylic acids is 1. The number of hydrogen-bond donors (Lipinski definition) is 2. The molecular formula is C30H29ClN2O3S. The lowest BCUT2D eigenvalue weighted by molar-refractivity contribution is 0.0746. The molecule has 37 heavy (non-hydrogen) atoms. The van der Waals surface area contributed by atoms with Gasteiger partial charge in [0, 0.05) is 40.9 Å². The van der Waals surface area contributed by atoms with E-state index < -0.39 is 0 Å². The Bertz CT molecular complexity index is 1320. The van der Waals surface area contributed by atoms with Gasteiger partial charge >= 0.3 is 0 Å². The zero-order valence-corrected chi connectivity index (χ0v) is 21.9. The van der Waals surface area contributed by atoms with Crippen molar-refractivity contribution in [2.24, 2.45) is 5.73 Å². The monoisotopic (exact) mass is 532 g/mol. The average Bonchev–Trinajstić information content (AvgIpc) is 2.92. The third-order valence-electron chi connectivity index (χ3n) is 5.77. The molecule has 0 aliphatic rings. The number of hydrogen-bond acceptors (Lipinski definition) is 5. The largest absolute Gasteiger partial charge is 0.504 e. The maximum Gasteiger partial charge on any atom is 0.254 e. The van der Waals surface area contributed by atoms with Crippen molar-refractivity contribution >= 4 is 29.3 Å². The van der Waals surface area contributed by atoms with E-state index >= 15 is 0 Å². The van der Waals surface area contributed by atoms with Crippen molar-refractivity contribution in [1.82, 2.24) is 4.90 Å². The van der Waals surface area contributed by atoms with Crippen molar-refractivity contribution in [3.63, 3.8) is 0 Å². The van der Waals surface area contributed by atoms with Gasteiger partial charge in [-0.1, -0.05) is 72.3 Å². The Kier molecular flexibility index (Phi) is 9.49. The lowest BCUT2D eigenvalue weighted by atomic mass is 10.1. The molecule has 0 aromatic heterocycles. The van der Waals surface area contributed by atoms with Crippen LogP contribution in [-0.4, -0.2) is 29.0 Å². The summed E-state index contributed by atoms with van der Waals surface area (Å²) in [7, 11) is 0. The molecule has 0 unspecified atom stereocenters. The number of amides is 1. The van der Waals surface area contributed by atoms with Crippen LogP contribution in [-0.2, 0) is 18.9 Å². The molecule has 0 radical (unpaired) electrons. The van der Waals surface area contributed by atoms with E-state index in [0.29, 0.717) is 42.6 Å². The summed E-state index contributed by atoms with van der Waals surface area (Å²) in [6.45, 7) is 1.45. The van der Waals surface area contributed by atoms with Crippen LogP contribution in [0.25, 0.3) is 0 Å². The summed E-state index contributed by atoms with van der Waals surface area (Å²) in [5.74, 6) is 0.841. The van der Waals surface area contributed by atoms with Gasteiger partial charge in [0.05, 0.1) is 0 Å². The van der Waals surface area contributed by atoms with Gasteiger partial charge in [0.15, 0.2) is 11.5 Å². The van der Waals surface area contributed by atoms with Crippen molar-refractivity contribution < 1.29 is 14.6 Å². The molecule has 4 aromatic carbocycles. The molecule has 190 valence electrons. The standard InChI is InChI=1S/C30H29ClN2O3S/c31-26-13-10-23(11-14-26)21-37-29-9-5-4-8-25(29)19-33(17-16-32)30(35)24-12-15-28(27(34)18-24)36-20-22-6-2-1-3-7-22/h1-15,18,34H,16-17,19-21,32H2. The van der Waals surface area contributed by atoms with Crippen LogP contribution in [0.1, 0.15) is 27.0 Å². The first-order valence-corrected chi connectivity index (χ1v) is 13.3. The highest BCUT2D eigenvalue weighted by Crippen LogP contribution is 2.30. The molecule has 0 spiro atoms. The van der Waals surface area contributed by atoms with Crippen LogP contribution < -0.4 is 10.5 Å². The molecule has 4 aromatic rings. The Labute approximate surface area is 226 Å². The highest BCUT2D eigenvalue weighted by atomic mass is 35.5. The Balaban J connectivity index is 1.45. The van der Waals surface area contributed by atoms with Crippen molar-refractivity contribution in [1.29, 1.82) is 0 Å². The molecule has 5 nitrogen and oxygen atoms in total. The fraction of sp³-hybridized carbons (Fsp3) is 0.167. The first kappa shape index (κ1) is 26.6. The molecule has 0 aliphatic carbocycles. The maximum absolute atomic E-state index is 13.4. The number of benzene rings is 4. The number of halogens is 1. The van der Waals surface area contributed by atoms with Gasteiger partial charge < -0.3 is 20.5 Å². The van der Waals surface area contributed by atoms with Gasteiger partial charge in [-0.15, -0.1) is 11.8 Å². The van der Waals surface area contributed by atoms with Crippen LogP contribution in [0.3, 0.4) is 0 Å². The van der Waals surface area contributed by atoms with Gasteiger partial charge in [-0.2, -0.15) is 0 Å². The molecule has 0 atom stereocenters. The average molecular weight is 533 g/mol. The smallest absolute Gasteiger partial charge is 0.254 e. The van der Waals surface area contributed by atoms with Gasteiger partial charge in [0.25, 0.3) is 5.91 Å². The molecule has 7 heteroatoms. The van der Waals surface area contributed by atoms with Gasteiger partial charge in [-0.05, 0) is 53.1 Å². The van der Waals surface area contributed by atoms with Gasteiger partial charge in [-0.25, -0.2) is 0 Å². The molecule has 0 heterocycles. The second-order valence-electron chi connectivity index (χ2n) is 8.50. The predicted molar refractivity (Wildman–Crippen MR) is 150 cm³/mol. The molecule has 4 rings (SSSR count). The van der Waals surface area contributed by atoms with Gasteiger partial charge in [-0.3, -0.25) is 4.79 Å². The zero-order chi connectivity index (χ0) is 26.0. The van der Waals surface area contributed by atoms with E-state index in [0.717, 1.165) is 21.8 Å². The number of nitrogens with two attached hydrogens (primary N) is 1. The molecule has 3 N–H and O–H groups in total. The Hall–Kier alpha value is -3.45. The van der Waals surface area contributed by atoms with Crippen molar-refractivity contribution in [3.05, 3.63) is 124 Å². The van der Waals surface area contributed by atoms with E-state index in [1.54, 1.807) is 28.8 Å². The molecule has 0 bridgehead atoms. The summed E-state index contributed by atoms with van der Waals surface area (Å²) in [6.07, 6.45) is 0. The number of phenolic OH excluding ortho intramolecular Hbond substituents is 1. The zero-order valence-electron chi connectivity index (χ0n) is 20.3. The van der Waals surface area contributed by atoms with Crippen LogP contribution in [0.2, 0.25) is 5.02 Å². The Morgan fingerprint density at radius 2 is 1.65 bits per heavy atom. The van der Waals surface area contributed by atoms with Crippen molar-refractivity contribution in [3.8, 4) is 11.5 Å². The van der Waals surface area contributed by atoms with Crippen molar-refractivity contribution in [2.45, 2.75) is 23.8 Å². The van der Waals surface area contributed by atoms with Gasteiger partial charge in [0.1, 0.15) is 6.61 Å². The maximum atomic E-state index is 13.4. The number of nitrogens with zero attached hydrogens (tertiary/aromatic N) is 1. The molecule has 1 amide bonds. The predicted octanol–water partition coefficient (Wildman–Crippen LogP) is 6.52. The molecule has 0 fully saturated rings. The summed E-state index contributed by atoms with van der Waals surface area (Å²) >= 11 is 7.72. The van der Waals surface area contributed by atoms with Crippen LogP contribution in [0.4, 0.5) is 0 Å². The number of phenols is 1. The normalized spacial score (nSPS) is 10.8. The topological polar surface area (TPSA) is 75.8 Å². The summed E-state index contributed by atoms with van der Waals surface area (Å²) < 4.78 is 5.74. The van der Waals surface area contributed by atoms with E-state index in [-0.39, 0.29) is 11.7 Å². The minimum absolute atomic E-state index is 0.0756. The summed E-state index contributed by atoms with van der Waals surface area (Å²) in [5, 5.41) is 11.2. The minimum Gasteiger partial charge on any atom is -0.504 e. The quantitative estimate of drug-likeness (QED) is 0.215. The summed E-state index contributed by atoms with van der Waals surface area (Å²) in [5.41, 5.74) is 9.43. The Morgan fingerprint density at radius 1 is 0.919 bits per heavy atom. The van der Waals surface area contributed by atoms with Crippen LogP contribution in [0.15, 0.2) is 102 Å². The number of rotatable bonds is 11. The second kappa shape index (κ2) is 13.2. The molecule has 0 saturated heterocycles. The fourth-order valence-corrected chi connectivity index (χ4v) is 4.95. The SMILES string of the molecule is NCCN(Cc1ccccc1SCc1ccc(Cl)cc1)C(=O)c1ccc(OCc2ccccc2)c(O)c1. The van der Waals surface area contributed by atoms with E-state index in [9.17, 15) is 9.90 Å². The second-order valence-corrected chi connectivity index (χ2v) is 9.95. The summed E-state index contributed by atoms with van der Waals surface area (Å²) in [4.78, 5) is 16.2. The third-order valence-corrected chi connectivity index (χ3v) is 7.21. The fourth-order valence-electron chi connectivity index (χ4n) is 3.82. The highest BCUT2D eigenvalue weighted by molar-refractivity contribution is 7.98. The first-order valence-electron chi connectivity index (χ1n) is 12.0. The number of carbonyl (C=O) groups is 1. The molecule has 0 aliphatic heterocycles. The number of thioether (sulfide) groups is 1. The highest BCUT2D eigenvalue weighted by Gasteiger charge is 2.19. The number of aromatic hydroxyl groups is 1. The first-order chi connectivity index (χ1) is 18.0. The number of ether oxygens (including phenoxy) is 1. The lowest BCUT2D eigenvalue weighted by Gasteiger charge is -2.24. The van der Waals surface area contributed by atoms with Crippen LogP contribution in [0, 0.1) is 0 Å². The molecule has 0 saturated carbocycles. The van der Waals surface area contributed by atoms with E-state index in [1.165, 1.54) is 11.6 Å².